The number of fused-ring (bicyclic) bond motifs is 1. The van der Waals surface area contributed by atoms with Gasteiger partial charge in [0, 0.05) is 0 Å². The van der Waals surface area contributed by atoms with Gasteiger partial charge in [-0.05, 0) is 42.2 Å². The van der Waals surface area contributed by atoms with Crippen molar-refractivity contribution in [3.63, 3.8) is 0 Å². The number of hydrogen-bond acceptors (Lipinski definition) is 0. The Balaban J connectivity index is 2.48. The number of rotatable bonds is 1. The minimum absolute atomic E-state index is 0.453. The molecule has 0 aliphatic heterocycles. The molecule has 0 radical (unpaired) electrons. The summed E-state index contributed by atoms with van der Waals surface area (Å²) in [7, 11) is 0. The van der Waals surface area contributed by atoms with E-state index in [2.05, 4.69) is 38.1 Å². The molecule has 13 heavy (non-hydrogen) atoms. The summed E-state index contributed by atoms with van der Waals surface area (Å²) >= 11 is 0. The quantitative estimate of drug-likeness (QED) is 0.609. The van der Waals surface area contributed by atoms with Crippen molar-refractivity contribution in [3.8, 4) is 0 Å². The lowest BCUT2D eigenvalue weighted by Crippen LogP contribution is -2.26. The average Bonchev–Trinajstić information content (AvgIpc) is 2.19. The van der Waals surface area contributed by atoms with Crippen LogP contribution in [0.1, 0.15) is 44.2 Å². The molecule has 0 heterocycles. The first-order valence-electron chi connectivity index (χ1n) is 5.35. The van der Waals surface area contributed by atoms with E-state index in [1.807, 2.05) is 0 Å². The van der Waals surface area contributed by atoms with Crippen molar-refractivity contribution in [1.82, 2.24) is 0 Å². The minimum Gasteiger partial charge on any atom is -0.0645 e. The minimum atomic E-state index is 0.453. The second-order valence-corrected chi connectivity index (χ2v) is 4.42. The lowest BCUT2D eigenvalue weighted by atomic mass is 9.70. The van der Waals surface area contributed by atoms with Gasteiger partial charge in [-0.25, -0.2) is 0 Å². The van der Waals surface area contributed by atoms with Crippen LogP contribution >= 0.6 is 0 Å². The molecular formula is C13H18. The molecule has 0 fully saturated rings. The van der Waals surface area contributed by atoms with E-state index in [0.29, 0.717) is 5.41 Å². The van der Waals surface area contributed by atoms with Gasteiger partial charge in [0.2, 0.25) is 0 Å². The molecule has 1 unspecified atom stereocenters. The van der Waals surface area contributed by atoms with Crippen molar-refractivity contribution >= 4 is 0 Å². The van der Waals surface area contributed by atoms with Crippen LogP contribution in [0.15, 0.2) is 24.3 Å². The average molecular weight is 174 g/mol. The molecule has 0 N–H and O–H groups in total. The zero-order chi connectivity index (χ0) is 9.31. The van der Waals surface area contributed by atoms with E-state index in [4.69, 9.17) is 0 Å². The van der Waals surface area contributed by atoms with Crippen LogP contribution in [0, 0.1) is 0 Å². The number of hydrogen-bond donors (Lipinski definition) is 0. The zero-order valence-electron chi connectivity index (χ0n) is 8.64. The fourth-order valence-electron chi connectivity index (χ4n) is 2.50. The van der Waals surface area contributed by atoms with E-state index in [1.54, 1.807) is 11.1 Å². The third-order valence-corrected chi connectivity index (χ3v) is 3.62. The maximum Gasteiger partial charge on any atom is -0.00750 e. The summed E-state index contributed by atoms with van der Waals surface area (Å²) < 4.78 is 0. The molecule has 2 rings (SSSR count). The topological polar surface area (TPSA) is 0 Å². The van der Waals surface area contributed by atoms with Crippen LogP contribution in [-0.4, -0.2) is 0 Å². The first-order valence-corrected chi connectivity index (χ1v) is 5.35. The zero-order valence-corrected chi connectivity index (χ0v) is 8.64. The van der Waals surface area contributed by atoms with Crippen LogP contribution < -0.4 is 0 Å². The highest BCUT2D eigenvalue weighted by Crippen LogP contribution is 2.39. The van der Waals surface area contributed by atoms with Crippen LogP contribution in [0.25, 0.3) is 0 Å². The largest absolute Gasteiger partial charge is 0.0645 e. The van der Waals surface area contributed by atoms with Gasteiger partial charge in [0.05, 0.1) is 0 Å². The van der Waals surface area contributed by atoms with Crippen molar-refractivity contribution in [2.45, 2.75) is 44.9 Å². The standard InChI is InChI=1S/C13H18/c1-3-13(2)10-6-8-11-7-4-5-9-12(11)13/h4-5,7,9H,3,6,8,10H2,1-2H3. The molecule has 0 saturated carbocycles. The summed E-state index contributed by atoms with van der Waals surface area (Å²) in [6.45, 7) is 4.72. The molecule has 0 spiro atoms. The van der Waals surface area contributed by atoms with Gasteiger partial charge in [0.1, 0.15) is 0 Å². The van der Waals surface area contributed by atoms with Gasteiger partial charge in [0.15, 0.2) is 0 Å². The molecule has 0 saturated heterocycles. The van der Waals surface area contributed by atoms with E-state index in [0.717, 1.165) is 0 Å². The Morgan fingerprint density at radius 2 is 2.08 bits per heavy atom. The highest BCUT2D eigenvalue weighted by molar-refractivity contribution is 5.35. The Morgan fingerprint density at radius 1 is 1.31 bits per heavy atom. The molecule has 0 heteroatoms. The van der Waals surface area contributed by atoms with Crippen molar-refractivity contribution in [2.24, 2.45) is 0 Å². The first-order chi connectivity index (χ1) is 6.26. The van der Waals surface area contributed by atoms with Gasteiger partial charge < -0.3 is 0 Å². The van der Waals surface area contributed by atoms with E-state index in [9.17, 15) is 0 Å². The maximum atomic E-state index is 2.41. The Morgan fingerprint density at radius 3 is 2.85 bits per heavy atom. The molecular weight excluding hydrogens is 156 g/mol. The summed E-state index contributed by atoms with van der Waals surface area (Å²) in [5, 5.41) is 0. The first kappa shape index (κ1) is 8.80. The number of benzene rings is 1. The molecule has 0 bridgehead atoms. The molecule has 0 amide bonds. The smallest absolute Gasteiger partial charge is 0.00750 e. The second-order valence-electron chi connectivity index (χ2n) is 4.42. The highest BCUT2D eigenvalue weighted by atomic mass is 14.3. The van der Waals surface area contributed by atoms with Crippen molar-refractivity contribution in [2.75, 3.05) is 0 Å². The van der Waals surface area contributed by atoms with E-state index in [-0.39, 0.29) is 0 Å². The molecule has 1 atom stereocenters. The molecule has 1 aromatic rings. The fraction of sp³-hybridized carbons (Fsp3) is 0.538. The Bertz CT molecular complexity index is 301. The van der Waals surface area contributed by atoms with Gasteiger partial charge in [-0.3, -0.25) is 0 Å². The van der Waals surface area contributed by atoms with Crippen LogP contribution in [0.2, 0.25) is 0 Å². The highest BCUT2D eigenvalue weighted by Gasteiger charge is 2.29. The fourth-order valence-corrected chi connectivity index (χ4v) is 2.50. The second kappa shape index (κ2) is 3.17. The van der Waals surface area contributed by atoms with Gasteiger partial charge in [-0.15, -0.1) is 0 Å². The van der Waals surface area contributed by atoms with E-state index >= 15 is 0 Å². The Hall–Kier alpha value is -0.780. The van der Waals surface area contributed by atoms with Gasteiger partial charge >= 0.3 is 0 Å². The summed E-state index contributed by atoms with van der Waals surface area (Å²) in [4.78, 5) is 0. The van der Waals surface area contributed by atoms with Gasteiger partial charge in [-0.1, -0.05) is 38.1 Å². The molecule has 1 aliphatic rings. The summed E-state index contributed by atoms with van der Waals surface area (Å²) in [6.07, 6.45) is 5.28. The van der Waals surface area contributed by atoms with Gasteiger partial charge in [0.25, 0.3) is 0 Å². The monoisotopic (exact) mass is 174 g/mol. The Labute approximate surface area is 81.0 Å². The van der Waals surface area contributed by atoms with Crippen molar-refractivity contribution in [3.05, 3.63) is 35.4 Å². The third-order valence-electron chi connectivity index (χ3n) is 3.62. The van der Waals surface area contributed by atoms with Crippen LogP contribution in [0.4, 0.5) is 0 Å². The van der Waals surface area contributed by atoms with Crippen LogP contribution in [0.3, 0.4) is 0 Å². The Kier molecular flexibility index (Phi) is 2.15. The molecule has 0 nitrogen and oxygen atoms in total. The molecule has 1 aromatic carbocycles. The van der Waals surface area contributed by atoms with Crippen molar-refractivity contribution < 1.29 is 0 Å². The predicted molar refractivity (Wildman–Crippen MR) is 57.0 cm³/mol. The molecule has 0 aromatic heterocycles. The lowest BCUT2D eigenvalue weighted by molar-refractivity contribution is 0.381. The van der Waals surface area contributed by atoms with Crippen molar-refractivity contribution in [1.29, 1.82) is 0 Å². The van der Waals surface area contributed by atoms with E-state index in [1.165, 1.54) is 25.7 Å². The summed E-state index contributed by atoms with van der Waals surface area (Å²) in [5.74, 6) is 0. The summed E-state index contributed by atoms with van der Waals surface area (Å²) in [6, 6.07) is 8.96. The van der Waals surface area contributed by atoms with E-state index < -0.39 is 0 Å². The van der Waals surface area contributed by atoms with Crippen LogP contribution in [0.5, 0.6) is 0 Å². The maximum absolute atomic E-state index is 2.41. The molecule has 70 valence electrons. The predicted octanol–water partition coefficient (Wildman–Crippen LogP) is 3.69. The normalized spacial score (nSPS) is 26.9. The lowest BCUT2D eigenvalue weighted by Gasteiger charge is -2.35. The summed E-state index contributed by atoms with van der Waals surface area (Å²) in [5.41, 5.74) is 3.64. The van der Waals surface area contributed by atoms with Gasteiger partial charge in [-0.2, -0.15) is 0 Å². The SMILES string of the molecule is CCC1(C)CCCc2ccccc21. The third kappa shape index (κ3) is 1.39. The molecule has 1 aliphatic carbocycles. The van der Waals surface area contributed by atoms with Crippen LogP contribution in [-0.2, 0) is 11.8 Å². The number of aryl methyl sites for hydroxylation is 1.